The molecule has 0 unspecified atom stereocenters. The topological polar surface area (TPSA) is 94.3 Å². The first-order valence-electron chi connectivity index (χ1n) is 5.41. The first-order valence-corrected chi connectivity index (χ1v) is 5.41. The molecule has 7 heteroatoms. The van der Waals surface area contributed by atoms with E-state index < -0.39 is 5.97 Å². The van der Waals surface area contributed by atoms with Gasteiger partial charge in [0.15, 0.2) is 5.69 Å². The zero-order valence-electron chi connectivity index (χ0n) is 10.1. The fourth-order valence-electron chi connectivity index (χ4n) is 1.57. The van der Waals surface area contributed by atoms with Crippen LogP contribution in [0, 0.1) is 0 Å². The van der Waals surface area contributed by atoms with Gasteiger partial charge in [-0.05, 0) is 6.07 Å². The summed E-state index contributed by atoms with van der Waals surface area (Å²) in [5.74, 6) is -0.869. The number of pyridine rings is 1. The first-order chi connectivity index (χ1) is 9.11. The van der Waals surface area contributed by atoms with Gasteiger partial charge >= 0.3 is 5.97 Å². The van der Waals surface area contributed by atoms with Gasteiger partial charge < -0.3 is 9.84 Å². The Morgan fingerprint density at radius 2 is 2.21 bits per heavy atom. The number of ether oxygens (including phenoxy) is 1. The summed E-state index contributed by atoms with van der Waals surface area (Å²) < 4.78 is 6.05. The Bertz CT molecular complexity index is 666. The lowest BCUT2D eigenvalue weighted by Gasteiger charge is -2.07. The van der Waals surface area contributed by atoms with Gasteiger partial charge in [-0.3, -0.25) is 4.79 Å². The number of hydrogen-bond acceptors (Lipinski definition) is 5. The van der Waals surface area contributed by atoms with Gasteiger partial charge in [0.2, 0.25) is 5.88 Å². The molecule has 2 aromatic rings. The van der Waals surface area contributed by atoms with Gasteiger partial charge in [0.05, 0.1) is 13.7 Å². The predicted molar refractivity (Wildman–Crippen MR) is 65.3 cm³/mol. The summed E-state index contributed by atoms with van der Waals surface area (Å²) in [5.41, 5.74) is -0.0436. The van der Waals surface area contributed by atoms with Crippen LogP contribution in [-0.2, 0) is 6.54 Å². The van der Waals surface area contributed by atoms with E-state index in [4.69, 9.17) is 9.84 Å². The molecule has 0 aromatic carbocycles. The Balaban J connectivity index is 2.41. The number of aromatic carboxylic acids is 1. The number of rotatable bonds is 4. The molecule has 0 fully saturated rings. The van der Waals surface area contributed by atoms with Crippen LogP contribution in [0.5, 0.6) is 5.88 Å². The number of methoxy groups -OCH3 is 1. The summed E-state index contributed by atoms with van der Waals surface area (Å²) in [4.78, 5) is 26.4. The second-order valence-electron chi connectivity index (χ2n) is 3.69. The van der Waals surface area contributed by atoms with E-state index in [0.29, 0.717) is 5.56 Å². The lowest BCUT2D eigenvalue weighted by atomic mass is 10.2. The second kappa shape index (κ2) is 5.30. The average molecular weight is 261 g/mol. The van der Waals surface area contributed by atoms with Crippen molar-refractivity contribution in [3.8, 4) is 5.88 Å². The van der Waals surface area contributed by atoms with Gasteiger partial charge in [-0.2, -0.15) is 0 Å². The lowest BCUT2D eigenvalue weighted by Crippen LogP contribution is -2.24. The van der Waals surface area contributed by atoms with Crippen LogP contribution in [-0.4, -0.2) is 33.0 Å². The monoisotopic (exact) mass is 261 g/mol. The highest BCUT2D eigenvalue weighted by molar-refractivity contribution is 5.86. The Morgan fingerprint density at radius 3 is 2.89 bits per heavy atom. The Hall–Kier alpha value is -2.70. The van der Waals surface area contributed by atoms with Crippen LogP contribution >= 0.6 is 0 Å². The molecule has 0 radical (unpaired) electrons. The van der Waals surface area contributed by atoms with E-state index in [9.17, 15) is 9.59 Å². The van der Waals surface area contributed by atoms with Crippen molar-refractivity contribution in [3.05, 3.63) is 52.1 Å². The van der Waals surface area contributed by atoms with Crippen molar-refractivity contribution in [2.24, 2.45) is 0 Å². The van der Waals surface area contributed by atoms with E-state index in [0.717, 1.165) is 4.68 Å². The fraction of sp³-hybridized carbons (Fsp3) is 0.167. The predicted octanol–water partition coefficient (Wildman–Crippen LogP) is 0.393. The van der Waals surface area contributed by atoms with Gasteiger partial charge in [0.1, 0.15) is 0 Å². The maximum atomic E-state index is 11.6. The molecule has 0 aliphatic rings. The first kappa shape index (κ1) is 12.7. The average Bonchev–Trinajstić information content (AvgIpc) is 2.41. The van der Waals surface area contributed by atoms with Crippen LogP contribution in [0.25, 0.3) is 0 Å². The van der Waals surface area contributed by atoms with Crippen LogP contribution in [0.2, 0.25) is 0 Å². The molecule has 1 N–H and O–H groups in total. The minimum absolute atomic E-state index is 0.0194. The number of hydrogen-bond donors (Lipinski definition) is 1. The highest BCUT2D eigenvalue weighted by atomic mass is 16.5. The third kappa shape index (κ3) is 2.76. The van der Waals surface area contributed by atoms with E-state index in [2.05, 4.69) is 10.1 Å². The highest BCUT2D eigenvalue weighted by Gasteiger charge is 2.12. The van der Waals surface area contributed by atoms with E-state index in [-0.39, 0.29) is 23.7 Å². The molecule has 7 nitrogen and oxygen atoms in total. The van der Waals surface area contributed by atoms with Gasteiger partial charge in [0, 0.05) is 23.9 Å². The number of aromatic nitrogens is 3. The molecule has 2 aromatic heterocycles. The molecule has 0 aliphatic heterocycles. The molecule has 0 amide bonds. The molecule has 0 saturated carbocycles. The van der Waals surface area contributed by atoms with Crippen LogP contribution in [0.1, 0.15) is 16.1 Å². The minimum atomic E-state index is -1.15. The normalized spacial score (nSPS) is 10.2. The second-order valence-corrected chi connectivity index (χ2v) is 3.69. The van der Waals surface area contributed by atoms with Crippen molar-refractivity contribution in [1.82, 2.24) is 14.8 Å². The summed E-state index contributed by atoms with van der Waals surface area (Å²) in [6, 6.07) is 5.94. The third-order valence-electron chi connectivity index (χ3n) is 2.47. The highest BCUT2D eigenvalue weighted by Crippen LogP contribution is 2.07. The largest absolute Gasteiger partial charge is 0.480 e. The number of nitrogens with zero attached hydrogens (tertiary/aromatic N) is 3. The fourth-order valence-corrected chi connectivity index (χ4v) is 1.57. The Labute approximate surface area is 108 Å². The molecule has 2 rings (SSSR count). The summed E-state index contributed by atoms with van der Waals surface area (Å²) in [6.07, 6.45) is 1.38. The maximum absolute atomic E-state index is 11.6. The van der Waals surface area contributed by atoms with Crippen molar-refractivity contribution in [2.75, 3.05) is 7.11 Å². The van der Waals surface area contributed by atoms with Gasteiger partial charge in [-0.25, -0.2) is 14.5 Å². The number of carbonyl (C=O) groups is 1. The molecule has 0 bridgehead atoms. The van der Waals surface area contributed by atoms with Crippen LogP contribution in [0.4, 0.5) is 0 Å². The van der Waals surface area contributed by atoms with Crippen LogP contribution in [0.15, 0.2) is 35.3 Å². The Kier molecular flexibility index (Phi) is 3.56. The maximum Gasteiger partial charge on any atom is 0.354 e. The molecule has 0 spiro atoms. The minimum Gasteiger partial charge on any atom is -0.480 e. The lowest BCUT2D eigenvalue weighted by molar-refractivity contribution is 0.0689. The van der Waals surface area contributed by atoms with E-state index in [1.807, 2.05) is 0 Å². The molecule has 0 saturated heterocycles. The summed E-state index contributed by atoms with van der Waals surface area (Å²) in [7, 11) is 1.43. The van der Waals surface area contributed by atoms with Gasteiger partial charge in [0.25, 0.3) is 5.56 Å². The number of carboxylic acids is 1. The number of carboxylic acid groups (broad SMARTS) is 1. The van der Waals surface area contributed by atoms with Crippen LogP contribution in [0.3, 0.4) is 0 Å². The van der Waals surface area contributed by atoms with Crippen LogP contribution < -0.4 is 10.3 Å². The zero-order valence-corrected chi connectivity index (χ0v) is 10.1. The van der Waals surface area contributed by atoms with Crippen molar-refractivity contribution < 1.29 is 14.6 Å². The van der Waals surface area contributed by atoms with E-state index in [1.54, 1.807) is 12.1 Å². The molecule has 2 heterocycles. The summed E-state index contributed by atoms with van der Waals surface area (Å²) in [5, 5.41) is 13.0. The van der Waals surface area contributed by atoms with Gasteiger partial charge in [-0.15, -0.1) is 5.10 Å². The SMILES string of the molecule is COc1ccc(=O)n(Cc2cccnc2C(=O)O)n1. The van der Waals surface area contributed by atoms with E-state index >= 15 is 0 Å². The third-order valence-corrected chi connectivity index (χ3v) is 2.47. The van der Waals surface area contributed by atoms with Crippen molar-refractivity contribution in [3.63, 3.8) is 0 Å². The standard InChI is InChI=1S/C12H11N3O4/c1-19-9-4-5-10(16)15(14-9)7-8-3-2-6-13-11(8)12(17)18/h2-6H,7H2,1H3,(H,17,18). The molecule has 0 aliphatic carbocycles. The van der Waals surface area contributed by atoms with Gasteiger partial charge in [-0.1, -0.05) is 6.07 Å². The summed E-state index contributed by atoms with van der Waals surface area (Å²) >= 11 is 0. The van der Waals surface area contributed by atoms with E-state index in [1.165, 1.54) is 25.4 Å². The van der Waals surface area contributed by atoms with Crippen molar-refractivity contribution >= 4 is 5.97 Å². The molecular weight excluding hydrogens is 250 g/mol. The molecule has 98 valence electrons. The molecule has 0 atom stereocenters. The Morgan fingerprint density at radius 1 is 1.42 bits per heavy atom. The molecule has 19 heavy (non-hydrogen) atoms. The van der Waals surface area contributed by atoms with Crippen molar-refractivity contribution in [1.29, 1.82) is 0 Å². The zero-order chi connectivity index (χ0) is 13.8. The molecular formula is C12H11N3O4. The van der Waals surface area contributed by atoms with Crippen molar-refractivity contribution in [2.45, 2.75) is 6.54 Å². The quantitative estimate of drug-likeness (QED) is 0.855. The smallest absolute Gasteiger partial charge is 0.354 e. The summed E-state index contributed by atoms with van der Waals surface area (Å²) in [6.45, 7) is 0.0194.